The van der Waals surface area contributed by atoms with E-state index in [2.05, 4.69) is 5.43 Å². The van der Waals surface area contributed by atoms with Crippen LogP contribution in [-0.4, -0.2) is 21.1 Å². The number of carbonyl (C=O) groups is 2. The summed E-state index contributed by atoms with van der Waals surface area (Å²) in [6, 6.07) is 11.5. The summed E-state index contributed by atoms with van der Waals surface area (Å²) in [6.07, 6.45) is 1.60. The van der Waals surface area contributed by atoms with E-state index in [-0.39, 0.29) is 14.9 Å². The first-order valence-corrected chi connectivity index (χ1v) is 9.51. The largest absolute Gasteiger partial charge is 0.285 e. The third-order valence-electron chi connectivity index (χ3n) is 3.37. The molecule has 0 radical (unpaired) electrons. The van der Waals surface area contributed by atoms with E-state index in [9.17, 15) is 9.59 Å². The summed E-state index contributed by atoms with van der Waals surface area (Å²) < 4.78 is 0.201. The van der Waals surface area contributed by atoms with Gasteiger partial charge in [0.1, 0.15) is 0 Å². The standard InChI is InChI=1S/C17H9Cl3N2O2S2/c18-10-6-5-9(13(20)8-10)7-14-16(24)22(17(25)26-14)21-15(23)11-3-1-2-4-12(11)19/h1-8H,(H,21,23)/b14-7-. The third-order valence-corrected chi connectivity index (χ3v) is 5.57. The third kappa shape index (κ3) is 4.05. The monoisotopic (exact) mass is 442 g/mol. The maximum absolute atomic E-state index is 12.6. The molecule has 0 aromatic heterocycles. The number of amides is 2. The summed E-state index contributed by atoms with van der Waals surface area (Å²) in [5.74, 6) is -0.982. The van der Waals surface area contributed by atoms with Gasteiger partial charge < -0.3 is 0 Å². The fourth-order valence-electron chi connectivity index (χ4n) is 2.13. The minimum Gasteiger partial charge on any atom is -0.267 e. The molecule has 3 rings (SSSR count). The molecule has 0 spiro atoms. The topological polar surface area (TPSA) is 49.4 Å². The van der Waals surface area contributed by atoms with Gasteiger partial charge in [-0.05, 0) is 48.1 Å². The van der Waals surface area contributed by atoms with E-state index in [1.54, 1.807) is 48.5 Å². The molecule has 0 unspecified atom stereocenters. The second-order valence-corrected chi connectivity index (χ2v) is 8.03. The maximum atomic E-state index is 12.6. The summed E-state index contributed by atoms with van der Waals surface area (Å²) >= 11 is 24.3. The van der Waals surface area contributed by atoms with Gasteiger partial charge in [0.15, 0.2) is 4.32 Å². The number of hydrazine groups is 1. The van der Waals surface area contributed by atoms with Crippen LogP contribution >= 0.6 is 58.8 Å². The summed E-state index contributed by atoms with van der Waals surface area (Å²) in [5, 5.41) is 2.19. The highest BCUT2D eigenvalue weighted by Gasteiger charge is 2.34. The Labute approximate surface area is 174 Å². The molecular formula is C17H9Cl3N2O2S2. The summed E-state index contributed by atoms with van der Waals surface area (Å²) in [7, 11) is 0. The Hall–Kier alpha value is -1.57. The van der Waals surface area contributed by atoms with Crippen LogP contribution in [-0.2, 0) is 4.79 Å². The van der Waals surface area contributed by atoms with Crippen LogP contribution in [0.1, 0.15) is 15.9 Å². The lowest BCUT2D eigenvalue weighted by atomic mass is 10.2. The Bertz CT molecular complexity index is 963. The lowest BCUT2D eigenvalue weighted by Crippen LogP contribution is -2.44. The molecule has 1 aliphatic heterocycles. The van der Waals surface area contributed by atoms with Gasteiger partial charge >= 0.3 is 0 Å². The lowest BCUT2D eigenvalue weighted by Gasteiger charge is -2.16. The normalized spacial score (nSPS) is 15.7. The molecular weight excluding hydrogens is 435 g/mol. The smallest absolute Gasteiger partial charge is 0.267 e. The fourth-order valence-corrected chi connectivity index (χ4v) is 3.99. The van der Waals surface area contributed by atoms with Crippen molar-refractivity contribution in [3.8, 4) is 0 Å². The highest BCUT2D eigenvalue weighted by molar-refractivity contribution is 8.26. The second-order valence-electron chi connectivity index (χ2n) is 5.10. The first-order chi connectivity index (χ1) is 12.4. The first kappa shape index (κ1) is 19.2. The predicted molar refractivity (Wildman–Crippen MR) is 110 cm³/mol. The molecule has 0 aliphatic carbocycles. The van der Waals surface area contributed by atoms with Crippen molar-refractivity contribution in [1.29, 1.82) is 0 Å². The molecule has 0 atom stereocenters. The van der Waals surface area contributed by atoms with Gasteiger partial charge in [0.25, 0.3) is 11.8 Å². The van der Waals surface area contributed by atoms with Crippen LogP contribution in [0.5, 0.6) is 0 Å². The summed E-state index contributed by atoms with van der Waals surface area (Å²) in [4.78, 5) is 25.3. The zero-order valence-corrected chi connectivity index (χ0v) is 16.7. The number of nitrogens with one attached hydrogen (secondary N) is 1. The molecule has 1 heterocycles. The molecule has 132 valence electrons. The molecule has 1 N–H and O–H groups in total. The van der Waals surface area contributed by atoms with E-state index in [4.69, 9.17) is 47.0 Å². The van der Waals surface area contributed by atoms with E-state index >= 15 is 0 Å². The van der Waals surface area contributed by atoms with Crippen molar-refractivity contribution in [1.82, 2.24) is 10.4 Å². The van der Waals surface area contributed by atoms with Gasteiger partial charge in [-0.2, -0.15) is 5.01 Å². The number of carbonyl (C=O) groups excluding carboxylic acids is 2. The summed E-state index contributed by atoms with van der Waals surface area (Å²) in [5.41, 5.74) is 3.34. The van der Waals surface area contributed by atoms with Crippen LogP contribution in [0.3, 0.4) is 0 Å². The number of hydrogen-bond acceptors (Lipinski definition) is 4. The van der Waals surface area contributed by atoms with Crippen LogP contribution in [0, 0.1) is 0 Å². The molecule has 1 saturated heterocycles. The minimum absolute atomic E-state index is 0.201. The predicted octanol–water partition coefficient (Wildman–Crippen LogP) is 5.19. The van der Waals surface area contributed by atoms with Crippen molar-refractivity contribution in [2.24, 2.45) is 0 Å². The van der Waals surface area contributed by atoms with Crippen molar-refractivity contribution in [2.45, 2.75) is 0 Å². The Morgan fingerprint density at radius 1 is 1.12 bits per heavy atom. The summed E-state index contributed by atoms with van der Waals surface area (Å²) in [6.45, 7) is 0. The number of hydrogen-bond donors (Lipinski definition) is 1. The molecule has 2 aromatic carbocycles. The van der Waals surface area contributed by atoms with Crippen molar-refractivity contribution >= 4 is 81.0 Å². The molecule has 1 aliphatic rings. The first-order valence-electron chi connectivity index (χ1n) is 7.15. The van der Waals surface area contributed by atoms with E-state index in [0.29, 0.717) is 20.5 Å². The van der Waals surface area contributed by atoms with Crippen molar-refractivity contribution in [2.75, 3.05) is 0 Å². The molecule has 26 heavy (non-hydrogen) atoms. The van der Waals surface area contributed by atoms with Gasteiger partial charge in [0.2, 0.25) is 0 Å². The fraction of sp³-hybridized carbons (Fsp3) is 0. The molecule has 0 saturated carbocycles. The van der Waals surface area contributed by atoms with Crippen LogP contribution < -0.4 is 5.43 Å². The van der Waals surface area contributed by atoms with Gasteiger partial charge in [-0.1, -0.05) is 64.8 Å². The van der Waals surface area contributed by atoms with Gasteiger partial charge in [-0.3, -0.25) is 15.0 Å². The molecule has 0 bridgehead atoms. The second kappa shape index (κ2) is 7.98. The highest BCUT2D eigenvalue weighted by atomic mass is 35.5. The van der Waals surface area contributed by atoms with Crippen LogP contribution in [0.25, 0.3) is 6.08 Å². The van der Waals surface area contributed by atoms with E-state index < -0.39 is 11.8 Å². The van der Waals surface area contributed by atoms with Gasteiger partial charge in [-0.15, -0.1) is 0 Å². The molecule has 2 amide bonds. The lowest BCUT2D eigenvalue weighted by molar-refractivity contribution is -0.123. The van der Waals surface area contributed by atoms with Gasteiger partial charge in [0, 0.05) is 10.0 Å². The van der Waals surface area contributed by atoms with E-state index in [1.165, 1.54) is 0 Å². The van der Waals surface area contributed by atoms with Gasteiger partial charge in [-0.25, -0.2) is 0 Å². The number of nitrogens with zero attached hydrogens (tertiary/aromatic N) is 1. The highest BCUT2D eigenvalue weighted by Crippen LogP contribution is 2.33. The van der Waals surface area contributed by atoms with E-state index in [0.717, 1.165) is 16.8 Å². The van der Waals surface area contributed by atoms with Gasteiger partial charge in [0.05, 0.1) is 15.5 Å². The van der Waals surface area contributed by atoms with Crippen LogP contribution in [0.4, 0.5) is 0 Å². The van der Waals surface area contributed by atoms with Crippen LogP contribution in [0.15, 0.2) is 47.4 Å². The Kier molecular flexibility index (Phi) is 5.89. The van der Waals surface area contributed by atoms with Crippen molar-refractivity contribution in [3.63, 3.8) is 0 Å². The number of thiocarbonyl (C=S) groups is 1. The molecule has 4 nitrogen and oxygen atoms in total. The quantitative estimate of drug-likeness (QED) is 0.524. The number of rotatable bonds is 3. The number of benzene rings is 2. The average Bonchev–Trinajstić information content (AvgIpc) is 2.85. The minimum atomic E-state index is -0.530. The Balaban J connectivity index is 1.82. The number of halogens is 3. The zero-order chi connectivity index (χ0) is 18.8. The average molecular weight is 444 g/mol. The van der Waals surface area contributed by atoms with Crippen LogP contribution in [0.2, 0.25) is 15.1 Å². The Morgan fingerprint density at radius 2 is 1.85 bits per heavy atom. The number of thioether (sulfide) groups is 1. The molecule has 9 heteroatoms. The maximum Gasteiger partial charge on any atom is 0.285 e. The van der Waals surface area contributed by atoms with Crippen molar-refractivity contribution < 1.29 is 9.59 Å². The zero-order valence-electron chi connectivity index (χ0n) is 12.8. The molecule has 1 fully saturated rings. The Morgan fingerprint density at radius 3 is 2.54 bits per heavy atom. The van der Waals surface area contributed by atoms with Crippen molar-refractivity contribution in [3.05, 3.63) is 73.6 Å². The van der Waals surface area contributed by atoms with E-state index in [1.807, 2.05) is 0 Å². The SMILES string of the molecule is O=C(NN1C(=O)/C(=C/c2ccc(Cl)cc2Cl)SC1=S)c1ccccc1Cl. The molecule has 2 aromatic rings.